The van der Waals surface area contributed by atoms with Crippen molar-refractivity contribution < 1.29 is 18.7 Å². The second kappa shape index (κ2) is 12.1. The van der Waals surface area contributed by atoms with Crippen molar-refractivity contribution in [2.45, 2.75) is 13.5 Å². The second-order valence-electron chi connectivity index (χ2n) is 9.13. The number of benzene rings is 4. The van der Waals surface area contributed by atoms with Gasteiger partial charge in [-0.15, -0.1) is 0 Å². The van der Waals surface area contributed by atoms with E-state index in [0.717, 1.165) is 33.8 Å². The highest BCUT2D eigenvalue weighted by molar-refractivity contribution is 5.95. The Morgan fingerprint density at radius 3 is 2.38 bits per heavy atom. The van der Waals surface area contributed by atoms with E-state index < -0.39 is 0 Å². The smallest absolute Gasteiger partial charge is 0.271 e. The molecule has 1 N–H and O–H groups in total. The third kappa shape index (κ3) is 6.10. The Labute approximate surface area is 232 Å². The summed E-state index contributed by atoms with van der Waals surface area (Å²) in [6.45, 7) is 2.33. The molecule has 0 saturated carbocycles. The molecule has 0 spiro atoms. The highest BCUT2D eigenvalue weighted by atomic mass is 19.1. The SMILES string of the molecule is COc1cc(/C=N/NC(=O)c2ccc(-n3c(C)ccc3-c3ccccc3)cc2)ccc1OCc1ccc(F)cc1. The molecular weight excluding hydrogens is 505 g/mol. The zero-order valence-corrected chi connectivity index (χ0v) is 22.2. The van der Waals surface area contributed by atoms with Crippen molar-refractivity contribution in [2.24, 2.45) is 5.10 Å². The average molecular weight is 534 g/mol. The van der Waals surface area contributed by atoms with Gasteiger partial charge in [0.15, 0.2) is 11.5 Å². The number of nitrogens with one attached hydrogen (secondary N) is 1. The number of nitrogens with zero attached hydrogens (tertiary/aromatic N) is 2. The van der Waals surface area contributed by atoms with Crippen molar-refractivity contribution in [2.75, 3.05) is 7.11 Å². The quantitative estimate of drug-likeness (QED) is 0.165. The van der Waals surface area contributed by atoms with Gasteiger partial charge in [0.1, 0.15) is 12.4 Å². The fraction of sp³-hybridized carbons (Fsp3) is 0.0909. The first-order chi connectivity index (χ1) is 19.5. The molecule has 200 valence electrons. The molecule has 0 saturated heterocycles. The summed E-state index contributed by atoms with van der Waals surface area (Å²) in [7, 11) is 1.55. The molecule has 1 amide bonds. The number of hydrazone groups is 1. The van der Waals surface area contributed by atoms with Gasteiger partial charge in [0, 0.05) is 16.9 Å². The van der Waals surface area contributed by atoms with Gasteiger partial charge in [-0.25, -0.2) is 9.82 Å². The summed E-state index contributed by atoms with van der Waals surface area (Å²) < 4.78 is 26.5. The standard InChI is InChI=1S/C33H28FN3O3/c1-23-8-18-30(26-6-4-3-5-7-26)37(23)29-16-12-27(13-17-29)33(38)36-35-21-25-11-19-31(32(20-25)39-2)40-22-24-9-14-28(34)15-10-24/h3-21H,22H2,1-2H3,(H,36,38)/b35-21+. The van der Waals surface area contributed by atoms with E-state index in [4.69, 9.17) is 9.47 Å². The minimum Gasteiger partial charge on any atom is -0.493 e. The van der Waals surface area contributed by atoms with E-state index in [2.05, 4.69) is 46.3 Å². The molecule has 40 heavy (non-hydrogen) atoms. The van der Waals surface area contributed by atoms with Crippen molar-refractivity contribution >= 4 is 12.1 Å². The lowest BCUT2D eigenvalue weighted by Gasteiger charge is -2.13. The lowest BCUT2D eigenvalue weighted by Crippen LogP contribution is -2.17. The molecule has 1 heterocycles. The third-order valence-corrected chi connectivity index (χ3v) is 6.41. The minimum absolute atomic E-state index is 0.274. The van der Waals surface area contributed by atoms with Crippen LogP contribution in [0.3, 0.4) is 0 Å². The Hall–Kier alpha value is -5.17. The molecule has 5 rings (SSSR count). The van der Waals surface area contributed by atoms with Crippen LogP contribution in [0.1, 0.15) is 27.2 Å². The molecule has 0 radical (unpaired) electrons. The molecule has 0 fully saturated rings. The molecule has 0 aliphatic carbocycles. The number of methoxy groups -OCH3 is 1. The van der Waals surface area contributed by atoms with Crippen molar-refractivity contribution in [3.8, 4) is 28.4 Å². The Morgan fingerprint density at radius 1 is 0.900 bits per heavy atom. The molecule has 6 nitrogen and oxygen atoms in total. The van der Waals surface area contributed by atoms with E-state index >= 15 is 0 Å². The first kappa shape index (κ1) is 26.4. The zero-order valence-electron chi connectivity index (χ0n) is 22.2. The van der Waals surface area contributed by atoms with Gasteiger partial charge in [-0.05, 0) is 90.3 Å². The number of amides is 1. The number of ether oxygens (including phenoxy) is 2. The van der Waals surface area contributed by atoms with Gasteiger partial charge in [0.2, 0.25) is 0 Å². The first-order valence-electron chi connectivity index (χ1n) is 12.7. The maximum absolute atomic E-state index is 13.1. The minimum atomic E-state index is -0.318. The molecule has 4 aromatic carbocycles. The number of aryl methyl sites for hydroxylation is 1. The van der Waals surface area contributed by atoms with Crippen LogP contribution in [0.15, 0.2) is 114 Å². The van der Waals surface area contributed by atoms with Crippen molar-refractivity contribution in [3.63, 3.8) is 0 Å². The number of aromatic nitrogens is 1. The summed E-state index contributed by atoms with van der Waals surface area (Å²) in [4.78, 5) is 12.7. The van der Waals surface area contributed by atoms with Crippen LogP contribution in [0.2, 0.25) is 0 Å². The van der Waals surface area contributed by atoms with Gasteiger partial charge in [-0.3, -0.25) is 4.79 Å². The van der Waals surface area contributed by atoms with Gasteiger partial charge in [-0.1, -0.05) is 42.5 Å². The Balaban J connectivity index is 1.22. The monoisotopic (exact) mass is 533 g/mol. The predicted octanol–water partition coefficient (Wildman–Crippen LogP) is 6.94. The Morgan fingerprint density at radius 2 is 1.65 bits per heavy atom. The molecule has 0 unspecified atom stereocenters. The highest BCUT2D eigenvalue weighted by Gasteiger charge is 2.11. The second-order valence-corrected chi connectivity index (χ2v) is 9.13. The van der Waals surface area contributed by atoms with Crippen LogP contribution in [0.4, 0.5) is 4.39 Å². The van der Waals surface area contributed by atoms with E-state index in [9.17, 15) is 9.18 Å². The van der Waals surface area contributed by atoms with Gasteiger partial charge >= 0.3 is 0 Å². The molecule has 0 aliphatic rings. The fourth-order valence-electron chi connectivity index (χ4n) is 4.33. The van der Waals surface area contributed by atoms with Crippen LogP contribution in [0, 0.1) is 12.7 Å². The normalized spacial score (nSPS) is 11.0. The van der Waals surface area contributed by atoms with E-state index in [0.29, 0.717) is 17.1 Å². The lowest BCUT2D eigenvalue weighted by atomic mass is 10.1. The molecule has 5 aromatic rings. The van der Waals surface area contributed by atoms with Crippen LogP contribution in [-0.4, -0.2) is 23.8 Å². The molecule has 1 aromatic heterocycles. The third-order valence-electron chi connectivity index (χ3n) is 6.41. The van der Waals surface area contributed by atoms with E-state index in [-0.39, 0.29) is 18.3 Å². The Kier molecular flexibility index (Phi) is 8.02. The van der Waals surface area contributed by atoms with Crippen molar-refractivity contribution in [1.82, 2.24) is 9.99 Å². The maximum Gasteiger partial charge on any atom is 0.271 e. The Bertz CT molecular complexity index is 1630. The zero-order chi connectivity index (χ0) is 27.9. The number of halogens is 1. The lowest BCUT2D eigenvalue weighted by molar-refractivity contribution is 0.0955. The topological polar surface area (TPSA) is 64.8 Å². The summed E-state index contributed by atoms with van der Waals surface area (Å²) in [6, 6.07) is 33.2. The molecule has 0 aliphatic heterocycles. The average Bonchev–Trinajstić information content (AvgIpc) is 3.38. The van der Waals surface area contributed by atoms with Gasteiger partial charge < -0.3 is 14.0 Å². The summed E-state index contributed by atoms with van der Waals surface area (Å²) >= 11 is 0. The maximum atomic E-state index is 13.1. The molecule has 0 bridgehead atoms. The van der Waals surface area contributed by atoms with Crippen LogP contribution < -0.4 is 14.9 Å². The van der Waals surface area contributed by atoms with E-state index in [1.54, 1.807) is 49.6 Å². The number of carbonyl (C=O) groups is 1. The largest absolute Gasteiger partial charge is 0.493 e. The van der Waals surface area contributed by atoms with E-state index in [1.807, 2.05) is 30.3 Å². The molecular formula is C33H28FN3O3. The van der Waals surface area contributed by atoms with Crippen LogP contribution in [-0.2, 0) is 6.61 Å². The number of hydrogen-bond acceptors (Lipinski definition) is 4. The van der Waals surface area contributed by atoms with Crippen molar-refractivity contribution in [1.29, 1.82) is 0 Å². The summed E-state index contributed by atoms with van der Waals surface area (Å²) in [6.07, 6.45) is 1.54. The van der Waals surface area contributed by atoms with Crippen molar-refractivity contribution in [3.05, 3.63) is 137 Å². The summed E-state index contributed by atoms with van der Waals surface area (Å²) in [5.74, 6) is 0.449. The number of rotatable bonds is 9. The van der Waals surface area contributed by atoms with Crippen LogP contribution >= 0.6 is 0 Å². The molecule has 0 atom stereocenters. The number of hydrogen-bond donors (Lipinski definition) is 1. The highest BCUT2D eigenvalue weighted by Crippen LogP contribution is 2.29. The summed E-state index contributed by atoms with van der Waals surface area (Å²) in [5.41, 5.74) is 8.90. The predicted molar refractivity (Wildman–Crippen MR) is 155 cm³/mol. The first-order valence-corrected chi connectivity index (χ1v) is 12.7. The fourth-order valence-corrected chi connectivity index (χ4v) is 4.33. The number of carbonyl (C=O) groups excluding carboxylic acids is 1. The molecule has 7 heteroatoms. The van der Waals surface area contributed by atoms with Crippen LogP contribution in [0.25, 0.3) is 16.9 Å². The summed E-state index contributed by atoms with van der Waals surface area (Å²) in [5, 5.41) is 4.10. The van der Waals surface area contributed by atoms with Crippen LogP contribution in [0.5, 0.6) is 11.5 Å². The van der Waals surface area contributed by atoms with Gasteiger partial charge in [0.05, 0.1) is 19.0 Å². The van der Waals surface area contributed by atoms with E-state index in [1.165, 1.54) is 18.3 Å². The van der Waals surface area contributed by atoms with Gasteiger partial charge in [0.25, 0.3) is 5.91 Å². The van der Waals surface area contributed by atoms with Gasteiger partial charge in [-0.2, -0.15) is 5.10 Å².